The van der Waals surface area contributed by atoms with E-state index in [9.17, 15) is 22.8 Å². The Morgan fingerprint density at radius 2 is 1.89 bits per heavy atom. The van der Waals surface area contributed by atoms with Crippen molar-refractivity contribution in [3.05, 3.63) is 58.4 Å². The second-order valence-corrected chi connectivity index (χ2v) is 6.27. The molecule has 1 unspecified atom stereocenters. The number of alkyl halides is 3. The zero-order chi connectivity index (χ0) is 20.2. The molecule has 2 N–H and O–H groups in total. The Bertz CT molecular complexity index is 856. The van der Waals surface area contributed by atoms with Crippen LogP contribution in [0.3, 0.4) is 0 Å². The second-order valence-electron chi connectivity index (χ2n) is 5.86. The number of carbonyl (C=O) groups excluding carboxylic acids is 2. The quantitative estimate of drug-likeness (QED) is 0.775. The first kappa shape index (κ1) is 20.7. The Labute approximate surface area is 158 Å². The van der Waals surface area contributed by atoms with E-state index in [0.717, 1.165) is 24.6 Å². The third-order valence-corrected chi connectivity index (χ3v) is 4.12. The highest BCUT2D eigenvalue weighted by Crippen LogP contribution is 2.33. The van der Waals surface area contributed by atoms with Gasteiger partial charge in [-0.1, -0.05) is 18.5 Å². The zero-order valence-electron chi connectivity index (χ0n) is 14.5. The molecule has 2 aromatic rings. The maximum absolute atomic E-state index is 12.8. The molecule has 0 fully saturated rings. The average Bonchev–Trinajstić information content (AvgIpc) is 2.62. The number of nitrogens with zero attached hydrogens (tertiary/aromatic N) is 1. The second kappa shape index (κ2) is 8.39. The average molecular weight is 400 g/mol. The van der Waals surface area contributed by atoms with Gasteiger partial charge in [0.2, 0.25) is 0 Å². The standard InChI is InChI=1S/C18H17ClF3N3O2/c1-3-10(2)24-17(27)15-8-11(6-7-23-15)16(26)25-14-9-12(18(20,21)22)4-5-13(14)19/h4-10H,3H2,1-2H3,(H,24,27)(H,25,26). The Balaban J connectivity index is 2.22. The Kier molecular flexibility index (Phi) is 6.43. The molecule has 5 nitrogen and oxygen atoms in total. The lowest BCUT2D eigenvalue weighted by atomic mass is 10.1. The van der Waals surface area contributed by atoms with Gasteiger partial charge in [-0.2, -0.15) is 13.2 Å². The van der Waals surface area contributed by atoms with Crippen LogP contribution in [0.1, 0.15) is 46.7 Å². The van der Waals surface area contributed by atoms with Crippen LogP contribution < -0.4 is 10.6 Å². The van der Waals surface area contributed by atoms with E-state index >= 15 is 0 Å². The third kappa shape index (κ3) is 5.43. The van der Waals surface area contributed by atoms with Crippen molar-refractivity contribution in [1.29, 1.82) is 0 Å². The minimum atomic E-state index is -4.57. The number of halogens is 4. The molecule has 0 saturated carbocycles. The first-order chi connectivity index (χ1) is 12.6. The van der Waals surface area contributed by atoms with Gasteiger partial charge in [-0.25, -0.2) is 0 Å². The summed E-state index contributed by atoms with van der Waals surface area (Å²) in [5.74, 6) is -1.16. The predicted octanol–water partition coefficient (Wildman–Crippen LogP) is 4.53. The minimum absolute atomic E-state index is 0.0260. The molecule has 144 valence electrons. The van der Waals surface area contributed by atoms with E-state index in [-0.39, 0.29) is 28.0 Å². The lowest BCUT2D eigenvalue weighted by Gasteiger charge is -2.13. The fourth-order valence-electron chi connectivity index (χ4n) is 2.09. The van der Waals surface area contributed by atoms with Crippen LogP contribution in [0, 0.1) is 0 Å². The maximum Gasteiger partial charge on any atom is 0.416 e. The Morgan fingerprint density at radius 3 is 2.52 bits per heavy atom. The zero-order valence-corrected chi connectivity index (χ0v) is 15.3. The molecule has 1 aromatic carbocycles. The van der Waals surface area contributed by atoms with Crippen molar-refractivity contribution in [2.24, 2.45) is 0 Å². The molecule has 1 aromatic heterocycles. The summed E-state index contributed by atoms with van der Waals surface area (Å²) in [6.07, 6.45) is -2.57. The van der Waals surface area contributed by atoms with Gasteiger partial charge in [0.25, 0.3) is 11.8 Å². The lowest BCUT2D eigenvalue weighted by Crippen LogP contribution is -2.32. The van der Waals surface area contributed by atoms with Gasteiger partial charge in [0.1, 0.15) is 5.69 Å². The first-order valence-corrected chi connectivity index (χ1v) is 8.44. The van der Waals surface area contributed by atoms with Crippen molar-refractivity contribution in [3.8, 4) is 0 Å². The van der Waals surface area contributed by atoms with Crippen LogP contribution in [0.2, 0.25) is 5.02 Å². The Hall–Kier alpha value is -2.61. The molecule has 0 aliphatic carbocycles. The number of rotatable bonds is 5. The lowest BCUT2D eigenvalue weighted by molar-refractivity contribution is -0.137. The molecular formula is C18H17ClF3N3O2. The summed E-state index contributed by atoms with van der Waals surface area (Å²) in [4.78, 5) is 28.4. The minimum Gasteiger partial charge on any atom is -0.348 e. The monoisotopic (exact) mass is 399 g/mol. The molecule has 1 atom stereocenters. The van der Waals surface area contributed by atoms with Crippen molar-refractivity contribution in [2.45, 2.75) is 32.5 Å². The molecule has 0 bridgehead atoms. The highest BCUT2D eigenvalue weighted by atomic mass is 35.5. The number of carbonyl (C=O) groups is 2. The van der Waals surface area contributed by atoms with Gasteiger partial charge >= 0.3 is 6.18 Å². The normalized spacial score (nSPS) is 12.4. The summed E-state index contributed by atoms with van der Waals surface area (Å²) >= 11 is 5.87. The Morgan fingerprint density at radius 1 is 1.19 bits per heavy atom. The number of hydrogen-bond acceptors (Lipinski definition) is 3. The van der Waals surface area contributed by atoms with E-state index in [1.54, 1.807) is 0 Å². The van der Waals surface area contributed by atoms with Crippen LogP contribution in [0.15, 0.2) is 36.5 Å². The SMILES string of the molecule is CCC(C)NC(=O)c1cc(C(=O)Nc2cc(C(F)(F)F)ccc2Cl)ccn1. The largest absolute Gasteiger partial charge is 0.416 e. The summed E-state index contributed by atoms with van der Waals surface area (Å²) in [5, 5.41) is 5.00. The smallest absolute Gasteiger partial charge is 0.348 e. The summed E-state index contributed by atoms with van der Waals surface area (Å²) < 4.78 is 38.5. The van der Waals surface area contributed by atoms with Gasteiger partial charge in [-0.15, -0.1) is 0 Å². The van der Waals surface area contributed by atoms with Crippen LogP contribution >= 0.6 is 11.6 Å². The molecule has 0 spiro atoms. The molecule has 27 heavy (non-hydrogen) atoms. The van der Waals surface area contributed by atoms with E-state index in [1.807, 2.05) is 13.8 Å². The van der Waals surface area contributed by atoms with Gasteiger partial charge in [-0.05, 0) is 43.7 Å². The van der Waals surface area contributed by atoms with Crippen molar-refractivity contribution >= 4 is 29.1 Å². The fraction of sp³-hybridized carbons (Fsp3) is 0.278. The predicted molar refractivity (Wildman–Crippen MR) is 95.9 cm³/mol. The summed E-state index contributed by atoms with van der Waals surface area (Å²) in [6, 6.07) is 5.16. The van der Waals surface area contributed by atoms with Gasteiger partial charge in [0.15, 0.2) is 0 Å². The molecule has 0 radical (unpaired) electrons. The van der Waals surface area contributed by atoms with Crippen molar-refractivity contribution in [2.75, 3.05) is 5.32 Å². The number of aromatic nitrogens is 1. The van der Waals surface area contributed by atoms with E-state index in [2.05, 4.69) is 15.6 Å². The van der Waals surface area contributed by atoms with Crippen molar-refractivity contribution in [3.63, 3.8) is 0 Å². The number of amides is 2. The van der Waals surface area contributed by atoms with E-state index < -0.39 is 23.6 Å². The summed E-state index contributed by atoms with van der Waals surface area (Å²) in [7, 11) is 0. The van der Waals surface area contributed by atoms with E-state index in [4.69, 9.17) is 11.6 Å². The van der Waals surface area contributed by atoms with Crippen LogP contribution in [0.5, 0.6) is 0 Å². The first-order valence-electron chi connectivity index (χ1n) is 8.06. The molecule has 2 amide bonds. The van der Waals surface area contributed by atoms with Gasteiger partial charge in [0, 0.05) is 17.8 Å². The molecule has 2 rings (SSSR count). The fourth-order valence-corrected chi connectivity index (χ4v) is 2.25. The number of pyridine rings is 1. The number of benzene rings is 1. The highest BCUT2D eigenvalue weighted by molar-refractivity contribution is 6.34. The van der Waals surface area contributed by atoms with Crippen LogP contribution in [0.4, 0.5) is 18.9 Å². The molecule has 0 aliphatic rings. The van der Waals surface area contributed by atoms with Gasteiger partial charge in [-0.3, -0.25) is 14.6 Å². The molecule has 9 heteroatoms. The maximum atomic E-state index is 12.8. The summed E-state index contributed by atoms with van der Waals surface area (Å²) in [6.45, 7) is 3.73. The number of hydrogen-bond donors (Lipinski definition) is 2. The molecule has 1 heterocycles. The topological polar surface area (TPSA) is 71.1 Å². The number of anilines is 1. The third-order valence-electron chi connectivity index (χ3n) is 3.79. The summed E-state index contributed by atoms with van der Waals surface area (Å²) in [5.41, 5.74) is -1.03. The van der Waals surface area contributed by atoms with Crippen molar-refractivity contribution in [1.82, 2.24) is 10.3 Å². The van der Waals surface area contributed by atoms with E-state index in [1.165, 1.54) is 18.3 Å². The van der Waals surface area contributed by atoms with Crippen LogP contribution in [-0.2, 0) is 6.18 Å². The van der Waals surface area contributed by atoms with E-state index in [0.29, 0.717) is 0 Å². The molecular weight excluding hydrogens is 383 g/mol. The van der Waals surface area contributed by atoms with Crippen molar-refractivity contribution < 1.29 is 22.8 Å². The highest BCUT2D eigenvalue weighted by Gasteiger charge is 2.31. The van der Waals surface area contributed by atoms with Crippen LogP contribution in [-0.4, -0.2) is 22.8 Å². The van der Waals surface area contributed by atoms with Gasteiger partial charge in [0.05, 0.1) is 16.3 Å². The van der Waals surface area contributed by atoms with Gasteiger partial charge < -0.3 is 10.6 Å². The molecule has 0 saturated heterocycles. The van der Waals surface area contributed by atoms with Crippen LogP contribution in [0.25, 0.3) is 0 Å². The number of nitrogens with one attached hydrogen (secondary N) is 2. The molecule has 0 aliphatic heterocycles.